The van der Waals surface area contributed by atoms with Crippen LogP contribution in [0.25, 0.3) is 11.0 Å². The molecule has 0 saturated heterocycles. The highest BCUT2D eigenvalue weighted by atomic mass is 16.2. The fourth-order valence-electron chi connectivity index (χ4n) is 3.77. The van der Waals surface area contributed by atoms with Gasteiger partial charge in [-0.1, -0.05) is 38.8 Å². The van der Waals surface area contributed by atoms with Gasteiger partial charge in [0.1, 0.15) is 5.82 Å². The van der Waals surface area contributed by atoms with Crippen molar-refractivity contribution in [1.29, 1.82) is 0 Å². The normalized spacial score (nSPS) is 21.1. The lowest BCUT2D eigenvalue weighted by atomic mass is 9.78. The summed E-state index contributed by atoms with van der Waals surface area (Å²) in [6.07, 6.45) is 5.53. The average molecular weight is 328 g/mol. The number of benzene rings is 1. The SMILES string of the molecule is CC(C)C1CCCCC1NC(=O)NCCc1nc2ccccc2[nH]1. The summed E-state index contributed by atoms with van der Waals surface area (Å²) in [7, 11) is 0. The van der Waals surface area contributed by atoms with Crippen LogP contribution in [0, 0.1) is 11.8 Å². The molecule has 3 rings (SSSR count). The quantitative estimate of drug-likeness (QED) is 0.784. The molecule has 1 fully saturated rings. The number of H-pyrrole nitrogens is 1. The number of nitrogens with zero attached hydrogens (tertiary/aromatic N) is 1. The van der Waals surface area contributed by atoms with Crippen molar-refractivity contribution in [2.75, 3.05) is 6.54 Å². The minimum atomic E-state index is -0.0522. The zero-order valence-electron chi connectivity index (χ0n) is 14.6. The van der Waals surface area contributed by atoms with Crippen molar-refractivity contribution in [3.05, 3.63) is 30.1 Å². The van der Waals surface area contributed by atoms with E-state index in [0.717, 1.165) is 23.3 Å². The van der Waals surface area contributed by atoms with Crippen molar-refractivity contribution in [3.8, 4) is 0 Å². The third-order valence-electron chi connectivity index (χ3n) is 5.08. The number of hydrogen-bond donors (Lipinski definition) is 3. The summed E-state index contributed by atoms with van der Waals surface area (Å²) in [5.41, 5.74) is 2.01. The standard InChI is InChI=1S/C19H28N4O/c1-13(2)14-7-3-4-8-15(14)23-19(24)20-12-11-18-21-16-9-5-6-10-17(16)22-18/h5-6,9-10,13-15H,3-4,7-8,11-12H2,1-2H3,(H,21,22)(H2,20,23,24). The third-order valence-corrected chi connectivity index (χ3v) is 5.08. The molecule has 5 nitrogen and oxygen atoms in total. The molecule has 3 N–H and O–H groups in total. The van der Waals surface area contributed by atoms with Crippen LogP contribution in [0.2, 0.25) is 0 Å². The van der Waals surface area contributed by atoms with E-state index in [0.29, 0.717) is 30.8 Å². The first-order chi connectivity index (χ1) is 11.6. The van der Waals surface area contributed by atoms with Crippen LogP contribution in [0.1, 0.15) is 45.4 Å². The van der Waals surface area contributed by atoms with Crippen LogP contribution in [-0.4, -0.2) is 28.6 Å². The minimum absolute atomic E-state index is 0.0522. The second kappa shape index (κ2) is 7.69. The van der Waals surface area contributed by atoms with Crippen LogP contribution in [0.5, 0.6) is 0 Å². The molecule has 2 amide bonds. The number of hydrogen-bond acceptors (Lipinski definition) is 2. The number of amides is 2. The van der Waals surface area contributed by atoms with Gasteiger partial charge in [0.25, 0.3) is 0 Å². The van der Waals surface area contributed by atoms with Gasteiger partial charge in [-0.25, -0.2) is 9.78 Å². The number of fused-ring (bicyclic) bond motifs is 1. The Morgan fingerprint density at radius 1 is 1.29 bits per heavy atom. The molecule has 2 aromatic rings. The van der Waals surface area contributed by atoms with E-state index in [-0.39, 0.29) is 6.03 Å². The first-order valence-corrected chi connectivity index (χ1v) is 9.11. The molecule has 1 heterocycles. The Labute approximate surface area is 143 Å². The summed E-state index contributed by atoms with van der Waals surface area (Å²) in [5.74, 6) is 2.13. The van der Waals surface area contributed by atoms with Crippen LogP contribution in [-0.2, 0) is 6.42 Å². The highest BCUT2D eigenvalue weighted by Crippen LogP contribution is 2.30. The molecule has 1 aromatic carbocycles. The molecule has 5 heteroatoms. The number of carbonyl (C=O) groups is 1. The summed E-state index contributed by atoms with van der Waals surface area (Å²) in [4.78, 5) is 20.0. The number of urea groups is 1. The van der Waals surface area contributed by atoms with Gasteiger partial charge in [-0.15, -0.1) is 0 Å². The molecule has 2 unspecified atom stereocenters. The van der Waals surface area contributed by atoms with Gasteiger partial charge in [-0.2, -0.15) is 0 Å². The van der Waals surface area contributed by atoms with Gasteiger partial charge in [0, 0.05) is 19.0 Å². The second-order valence-corrected chi connectivity index (χ2v) is 7.15. The number of nitrogens with one attached hydrogen (secondary N) is 3. The van der Waals surface area contributed by atoms with Crippen LogP contribution in [0.15, 0.2) is 24.3 Å². The molecule has 2 atom stereocenters. The van der Waals surface area contributed by atoms with E-state index < -0.39 is 0 Å². The van der Waals surface area contributed by atoms with E-state index in [1.54, 1.807) is 0 Å². The summed E-state index contributed by atoms with van der Waals surface area (Å²) in [6.45, 7) is 5.10. The fraction of sp³-hybridized carbons (Fsp3) is 0.579. The van der Waals surface area contributed by atoms with E-state index in [2.05, 4.69) is 34.4 Å². The molecule has 0 aliphatic heterocycles. The Morgan fingerprint density at radius 2 is 2.08 bits per heavy atom. The predicted molar refractivity (Wildman–Crippen MR) is 96.9 cm³/mol. The Hall–Kier alpha value is -2.04. The van der Waals surface area contributed by atoms with Gasteiger partial charge >= 0.3 is 6.03 Å². The molecule has 0 radical (unpaired) electrons. The number of imidazole rings is 1. The summed E-state index contributed by atoms with van der Waals surface area (Å²) in [5, 5.41) is 6.15. The molecule has 1 aliphatic rings. The Bertz CT molecular complexity index is 646. The van der Waals surface area contributed by atoms with Crippen LogP contribution in [0.3, 0.4) is 0 Å². The average Bonchev–Trinajstić information content (AvgIpc) is 2.97. The lowest BCUT2D eigenvalue weighted by Gasteiger charge is -2.34. The van der Waals surface area contributed by atoms with Crippen molar-refractivity contribution in [2.45, 2.75) is 52.0 Å². The van der Waals surface area contributed by atoms with E-state index in [4.69, 9.17) is 0 Å². The first kappa shape index (κ1) is 16.8. The largest absolute Gasteiger partial charge is 0.342 e. The van der Waals surface area contributed by atoms with E-state index in [1.165, 1.54) is 19.3 Å². The topological polar surface area (TPSA) is 69.8 Å². The molecule has 24 heavy (non-hydrogen) atoms. The minimum Gasteiger partial charge on any atom is -0.342 e. The number of para-hydroxylation sites is 2. The summed E-state index contributed by atoms with van der Waals surface area (Å²) >= 11 is 0. The van der Waals surface area contributed by atoms with Crippen LogP contribution >= 0.6 is 0 Å². The van der Waals surface area contributed by atoms with Crippen molar-refractivity contribution in [1.82, 2.24) is 20.6 Å². The van der Waals surface area contributed by atoms with Gasteiger partial charge in [0.15, 0.2) is 0 Å². The maximum absolute atomic E-state index is 12.2. The number of carbonyl (C=O) groups excluding carboxylic acids is 1. The molecule has 1 saturated carbocycles. The zero-order valence-corrected chi connectivity index (χ0v) is 14.6. The van der Waals surface area contributed by atoms with Gasteiger partial charge in [0.2, 0.25) is 0 Å². The van der Waals surface area contributed by atoms with E-state index in [1.807, 2.05) is 24.3 Å². The van der Waals surface area contributed by atoms with Gasteiger partial charge < -0.3 is 15.6 Å². The van der Waals surface area contributed by atoms with Crippen LogP contribution < -0.4 is 10.6 Å². The van der Waals surface area contributed by atoms with E-state index in [9.17, 15) is 4.79 Å². The molecule has 130 valence electrons. The number of aromatic nitrogens is 2. The highest BCUT2D eigenvalue weighted by molar-refractivity contribution is 5.75. The van der Waals surface area contributed by atoms with Crippen molar-refractivity contribution < 1.29 is 4.79 Å². The summed E-state index contributed by atoms with van der Waals surface area (Å²) in [6, 6.07) is 8.24. The summed E-state index contributed by atoms with van der Waals surface area (Å²) < 4.78 is 0. The fourth-order valence-corrected chi connectivity index (χ4v) is 3.77. The third kappa shape index (κ3) is 4.08. The van der Waals surface area contributed by atoms with E-state index >= 15 is 0 Å². The maximum atomic E-state index is 12.2. The Kier molecular flexibility index (Phi) is 5.38. The van der Waals surface area contributed by atoms with Gasteiger partial charge in [0.05, 0.1) is 11.0 Å². The predicted octanol–water partition coefficient (Wildman–Crippen LogP) is 3.62. The Balaban J connectivity index is 1.46. The van der Waals surface area contributed by atoms with Gasteiger partial charge in [-0.3, -0.25) is 0 Å². The van der Waals surface area contributed by atoms with Gasteiger partial charge in [-0.05, 0) is 36.8 Å². The van der Waals surface area contributed by atoms with Crippen molar-refractivity contribution in [3.63, 3.8) is 0 Å². The van der Waals surface area contributed by atoms with Crippen LogP contribution in [0.4, 0.5) is 4.79 Å². The van der Waals surface area contributed by atoms with Crippen molar-refractivity contribution in [2.24, 2.45) is 11.8 Å². The molecular formula is C19H28N4O. The highest BCUT2D eigenvalue weighted by Gasteiger charge is 2.28. The molecule has 1 aliphatic carbocycles. The molecule has 1 aromatic heterocycles. The second-order valence-electron chi connectivity index (χ2n) is 7.15. The molecule has 0 spiro atoms. The lowest BCUT2D eigenvalue weighted by Crippen LogP contribution is -2.48. The smallest absolute Gasteiger partial charge is 0.315 e. The monoisotopic (exact) mass is 328 g/mol. The maximum Gasteiger partial charge on any atom is 0.315 e. The van der Waals surface area contributed by atoms with Crippen molar-refractivity contribution >= 4 is 17.1 Å². The Morgan fingerprint density at radius 3 is 2.88 bits per heavy atom. The lowest BCUT2D eigenvalue weighted by molar-refractivity contribution is 0.194. The zero-order chi connectivity index (χ0) is 16.9. The molecular weight excluding hydrogens is 300 g/mol. The molecule has 0 bridgehead atoms. The number of rotatable bonds is 5. The first-order valence-electron chi connectivity index (χ1n) is 9.11. The number of aromatic amines is 1.